The molecular formula is C15H10N2O2Se. The van der Waals surface area contributed by atoms with E-state index < -0.39 is 4.92 Å². The van der Waals surface area contributed by atoms with E-state index in [1.54, 1.807) is 18.2 Å². The molecule has 0 bridgehead atoms. The number of nitro groups is 1. The van der Waals surface area contributed by atoms with Crippen LogP contribution >= 0.6 is 0 Å². The zero-order chi connectivity index (χ0) is 14.4. The first kappa shape index (κ1) is 14.0. The fraction of sp³-hybridized carbons (Fsp3) is 0. The molecule has 0 radical (unpaired) electrons. The molecule has 0 spiro atoms. The summed E-state index contributed by atoms with van der Waals surface area (Å²) in [5.74, 6) is 0. The van der Waals surface area contributed by atoms with Crippen LogP contribution in [0, 0.1) is 21.4 Å². The maximum absolute atomic E-state index is 10.7. The van der Waals surface area contributed by atoms with Gasteiger partial charge in [0.05, 0.1) is 0 Å². The Hall–Kier alpha value is -2.41. The molecule has 0 saturated carbocycles. The Balaban J connectivity index is 2.25. The van der Waals surface area contributed by atoms with E-state index in [0.717, 1.165) is 4.46 Å². The zero-order valence-corrected chi connectivity index (χ0v) is 12.1. The first-order chi connectivity index (χ1) is 9.69. The second kappa shape index (κ2) is 6.67. The summed E-state index contributed by atoms with van der Waals surface area (Å²) in [7, 11) is 0. The number of benzene rings is 2. The van der Waals surface area contributed by atoms with E-state index >= 15 is 0 Å². The number of non-ortho nitro benzene ring substituents is 1. The van der Waals surface area contributed by atoms with Crippen LogP contribution in [0.25, 0.3) is 6.08 Å². The Morgan fingerprint density at radius 3 is 2.60 bits per heavy atom. The standard InChI is InChI=1S/C15H10N2O2Se/c16-11-15(20-14-7-2-1-3-8-14)10-12-5-4-6-13(9-12)17(18)19/h1-10H/b15-10+. The van der Waals surface area contributed by atoms with Crippen molar-refractivity contribution in [3.05, 3.63) is 74.7 Å². The van der Waals surface area contributed by atoms with E-state index in [2.05, 4.69) is 6.07 Å². The molecule has 0 atom stereocenters. The van der Waals surface area contributed by atoms with Gasteiger partial charge in [0, 0.05) is 0 Å². The molecule has 2 rings (SSSR count). The van der Waals surface area contributed by atoms with Gasteiger partial charge in [-0.3, -0.25) is 0 Å². The van der Waals surface area contributed by atoms with E-state index in [9.17, 15) is 15.4 Å². The van der Waals surface area contributed by atoms with Gasteiger partial charge in [-0.05, 0) is 0 Å². The quantitative estimate of drug-likeness (QED) is 0.375. The first-order valence-corrected chi connectivity index (χ1v) is 7.49. The van der Waals surface area contributed by atoms with Crippen molar-refractivity contribution in [2.24, 2.45) is 0 Å². The molecule has 2 aromatic rings. The normalized spacial score (nSPS) is 10.8. The first-order valence-electron chi connectivity index (χ1n) is 5.78. The summed E-state index contributed by atoms with van der Waals surface area (Å²) in [6, 6.07) is 18.2. The number of hydrogen-bond donors (Lipinski definition) is 0. The second-order valence-corrected chi connectivity index (χ2v) is 6.23. The molecule has 4 nitrogen and oxygen atoms in total. The van der Waals surface area contributed by atoms with Gasteiger partial charge in [0.25, 0.3) is 0 Å². The van der Waals surface area contributed by atoms with Crippen molar-refractivity contribution in [2.45, 2.75) is 0 Å². The van der Waals surface area contributed by atoms with Crippen molar-refractivity contribution in [1.29, 1.82) is 5.26 Å². The molecule has 0 N–H and O–H groups in total. The maximum atomic E-state index is 10.7. The summed E-state index contributed by atoms with van der Waals surface area (Å²) >= 11 is -0.0966. The van der Waals surface area contributed by atoms with Crippen LogP contribution in [0.5, 0.6) is 0 Å². The van der Waals surface area contributed by atoms with Crippen molar-refractivity contribution < 1.29 is 4.92 Å². The Morgan fingerprint density at radius 1 is 1.20 bits per heavy atom. The topological polar surface area (TPSA) is 66.9 Å². The van der Waals surface area contributed by atoms with Gasteiger partial charge in [-0.15, -0.1) is 0 Å². The summed E-state index contributed by atoms with van der Waals surface area (Å²) in [6.45, 7) is 0. The van der Waals surface area contributed by atoms with Crippen LogP contribution in [0.4, 0.5) is 5.69 Å². The van der Waals surface area contributed by atoms with Crippen LogP contribution in [0.1, 0.15) is 5.56 Å². The monoisotopic (exact) mass is 330 g/mol. The molecule has 0 fully saturated rings. The number of nitrogens with zero attached hydrogens (tertiary/aromatic N) is 2. The third-order valence-electron chi connectivity index (χ3n) is 2.46. The Bertz CT molecular complexity index is 691. The number of hydrogen-bond acceptors (Lipinski definition) is 3. The van der Waals surface area contributed by atoms with Crippen molar-refractivity contribution >= 4 is 31.2 Å². The average Bonchev–Trinajstić information content (AvgIpc) is 2.48. The van der Waals surface area contributed by atoms with Gasteiger partial charge in [-0.25, -0.2) is 0 Å². The van der Waals surface area contributed by atoms with Gasteiger partial charge in [0.1, 0.15) is 0 Å². The minimum absolute atomic E-state index is 0.0308. The number of nitriles is 1. The molecule has 20 heavy (non-hydrogen) atoms. The molecule has 0 aliphatic rings. The van der Waals surface area contributed by atoms with Crippen LogP contribution in [-0.4, -0.2) is 19.9 Å². The van der Waals surface area contributed by atoms with Crippen molar-refractivity contribution in [1.82, 2.24) is 0 Å². The second-order valence-electron chi connectivity index (χ2n) is 3.89. The number of nitro benzene ring substituents is 1. The van der Waals surface area contributed by atoms with E-state index in [1.807, 2.05) is 30.3 Å². The SMILES string of the molecule is N#C/C(=C\c1cccc([N+](=O)[O-])c1)[Se]c1ccccc1. The molecule has 0 unspecified atom stereocenters. The third kappa shape index (κ3) is 3.79. The van der Waals surface area contributed by atoms with Gasteiger partial charge in [-0.2, -0.15) is 0 Å². The van der Waals surface area contributed by atoms with Crippen LogP contribution < -0.4 is 4.46 Å². The predicted molar refractivity (Wildman–Crippen MR) is 78.5 cm³/mol. The van der Waals surface area contributed by atoms with Gasteiger partial charge in [0.2, 0.25) is 0 Å². The van der Waals surface area contributed by atoms with Crippen LogP contribution in [-0.2, 0) is 0 Å². The summed E-state index contributed by atoms with van der Waals surface area (Å²) < 4.78 is 1.72. The Kier molecular flexibility index (Phi) is 4.67. The van der Waals surface area contributed by atoms with Crippen molar-refractivity contribution in [3.63, 3.8) is 0 Å². The molecule has 2 aromatic carbocycles. The van der Waals surface area contributed by atoms with Gasteiger partial charge < -0.3 is 0 Å². The Labute approximate surface area is 122 Å². The molecule has 98 valence electrons. The number of allylic oxidation sites excluding steroid dienone is 1. The van der Waals surface area contributed by atoms with Crippen molar-refractivity contribution in [2.75, 3.05) is 0 Å². The Morgan fingerprint density at radius 2 is 1.95 bits per heavy atom. The summed E-state index contributed by atoms with van der Waals surface area (Å²) in [5.41, 5.74) is 0.705. The summed E-state index contributed by atoms with van der Waals surface area (Å²) in [5, 5.41) is 19.9. The molecule has 0 amide bonds. The van der Waals surface area contributed by atoms with Gasteiger partial charge >= 0.3 is 122 Å². The zero-order valence-electron chi connectivity index (χ0n) is 10.4. The molecule has 5 heteroatoms. The summed E-state index contributed by atoms with van der Waals surface area (Å²) in [4.78, 5) is 10.3. The third-order valence-corrected chi connectivity index (χ3v) is 4.43. The molecule has 0 aliphatic heterocycles. The van der Waals surface area contributed by atoms with E-state index in [-0.39, 0.29) is 20.6 Å². The van der Waals surface area contributed by atoms with Gasteiger partial charge in [0.15, 0.2) is 0 Å². The predicted octanol–water partition coefficient (Wildman–Crippen LogP) is 2.49. The van der Waals surface area contributed by atoms with Crippen LogP contribution in [0.3, 0.4) is 0 Å². The minimum atomic E-state index is -0.439. The van der Waals surface area contributed by atoms with Crippen LogP contribution in [0.2, 0.25) is 0 Å². The molecule has 0 saturated heterocycles. The average molecular weight is 329 g/mol. The van der Waals surface area contributed by atoms with Gasteiger partial charge in [-0.1, -0.05) is 0 Å². The molecule has 0 aromatic heterocycles. The molecular weight excluding hydrogens is 319 g/mol. The van der Waals surface area contributed by atoms with E-state index in [4.69, 9.17) is 0 Å². The summed E-state index contributed by atoms with van der Waals surface area (Å²) in [6.07, 6.45) is 1.71. The molecule has 0 aliphatic carbocycles. The van der Waals surface area contributed by atoms with E-state index in [1.165, 1.54) is 12.1 Å². The molecule has 0 heterocycles. The van der Waals surface area contributed by atoms with Crippen molar-refractivity contribution in [3.8, 4) is 6.07 Å². The fourth-order valence-corrected chi connectivity index (χ4v) is 3.23. The van der Waals surface area contributed by atoms with E-state index in [0.29, 0.717) is 10.0 Å². The number of rotatable bonds is 4. The fourth-order valence-electron chi connectivity index (χ4n) is 1.58. The van der Waals surface area contributed by atoms with Crippen LogP contribution in [0.15, 0.2) is 59.1 Å².